The van der Waals surface area contributed by atoms with Gasteiger partial charge in [0.05, 0.1) is 11.8 Å². The standard InChI is InChI=1S/C19H24N2OS2/c1-6-9-23-17(14-10-20-21(5)18(14)22)13-7-8-15-16(12(13)2)19(3,4)11-24-15/h7-8,10H,6,9,11H2,1-5H3/b17-14-. The minimum Gasteiger partial charge on any atom is -0.267 e. The van der Waals surface area contributed by atoms with Crippen molar-refractivity contribution in [3.8, 4) is 0 Å². The average molecular weight is 361 g/mol. The smallest absolute Gasteiger partial charge is 0.267 e. The predicted molar refractivity (Wildman–Crippen MR) is 106 cm³/mol. The van der Waals surface area contributed by atoms with Gasteiger partial charge in [0.2, 0.25) is 0 Å². The molecule has 24 heavy (non-hydrogen) atoms. The summed E-state index contributed by atoms with van der Waals surface area (Å²) in [6.45, 7) is 8.99. The molecule has 0 unspecified atom stereocenters. The van der Waals surface area contributed by atoms with Gasteiger partial charge in [0.15, 0.2) is 0 Å². The molecule has 0 saturated carbocycles. The van der Waals surface area contributed by atoms with Crippen LogP contribution < -0.4 is 0 Å². The van der Waals surface area contributed by atoms with E-state index in [1.54, 1.807) is 25.0 Å². The zero-order valence-corrected chi connectivity index (χ0v) is 16.6. The molecule has 5 heteroatoms. The van der Waals surface area contributed by atoms with Crippen LogP contribution in [0.3, 0.4) is 0 Å². The zero-order chi connectivity index (χ0) is 17.5. The van der Waals surface area contributed by atoms with Gasteiger partial charge in [0.1, 0.15) is 0 Å². The van der Waals surface area contributed by atoms with Crippen LogP contribution >= 0.6 is 23.5 Å². The van der Waals surface area contributed by atoms with Gasteiger partial charge in [-0.1, -0.05) is 26.8 Å². The lowest BCUT2D eigenvalue weighted by atomic mass is 9.82. The first-order valence-electron chi connectivity index (χ1n) is 8.33. The Hall–Kier alpha value is -1.20. The molecule has 1 aromatic carbocycles. The third-order valence-electron chi connectivity index (χ3n) is 4.52. The van der Waals surface area contributed by atoms with Crippen LogP contribution in [-0.2, 0) is 10.2 Å². The Kier molecular flexibility index (Phi) is 4.85. The third kappa shape index (κ3) is 2.93. The van der Waals surface area contributed by atoms with E-state index in [-0.39, 0.29) is 11.3 Å². The summed E-state index contributed by atoms with van der Waals surface area (Å²) >= 11 is 3.71. The molecule has 3 rings (SSSR count). The average Bonchev–Trinajstić information content (AvgIpc) is 3.03. The fourth-order valence-corrected chi connectivity index (χ4v) is 5.79. The number of likely N-dealkylation sites (N-methyl/N-ethyl adjacent to an activating group) is 1. The summed E-state index contributed by atoms with van der Waals surface area (Å²) in [6.07, 6.45) is 2.79. The maximum atomic E-state index is 12.5. The highest BCUT2D eigenvalue weighted by molar-refractivity contribution is 8.08. The van der Waals surface area contributed by atoms with Crippen molar-refractivity contribution < 1.29 is 4.79 Å². The lowest BCUT2D eigenvalue weighted by Gasteiger charge is -2.23. The van der Waals surface area contributed by atoms with Crippen molar-refractivity contribution in [3.05, 3.63) is 34.4 Å². The number of fused-ring (bicyclic) bond motifs is 1. The number of hydrogen-bond acceptors (Lipinski definition) is 4. The van der Waals surface area contributed by atoms with Gasteiger partial charge in [0, 0.05) is 28.0 Å². The largest absolute Gasteiger partial charge is 0.276 e. The van der Waals surface area contributed by atoms with Gasteiger partial charge in [-0.3, -0.25) is 4.79 Å². The maximum Gasteiger partial charge on any atom is 0.276 e. The molecular weight excluding hydrogens is 336 g/mol. The van der Waals surface area contributed by atoms with Crippen LogP contribution in [-0.4, -0.2) is 35.7 Å². The number of carbonyl (C=O) groups excluding carboxylic acids is 1. The van der Waals surface area contributed by atoms with Gasteiger partial charge in [-0.2, -0.15) is 5.10 Å². The number of rotatable bonds is 4. The van der Waals surface area contributed by atoms with E-state index in [9.17, 15) is 4.79 Å². The molecule has 2 heterocycles. The molecule has 0 bridgehead atoms. The quantitative estimate of drug-likeness (QED) is 0.730. The Morgan fingerprint density at radius 1 is 1.42 bits per heavy atom. The van der Waals surface area contributed by atoms with Crippen molar-refractivity contribution in [1.29, 1.82) is 0 Å². The van der Waals surface area contributed by atoms with Crippen molar-refractivity contribution >= 4 is 40.6 Å². The van der Waals surface area contributed by atoms with Crippen molar-refractivity contribution in [2.75, 3.05) is 18.6 Å². The van der Waals surface area contributed by atoms with Gasteiger partial charge in [-0.05, 0) is 41.9 Å². The van der Waals surface area contributed by atoms with Crippen LogP contribution in [0.25, 0.3) is 4.91 Å². The van der Waals surface area contributed by atoms with E-state index >= 15 is 0 Å². The molecule has 3 nitrogen and oxygen atoms in total. The van der Waals surface area contributed by atoms with Crippen molar-refractivity contribution in [2.24, 2.45) is 5.10 Å². The first-order chi connectivity index (χ1) is 11.4. The summed E-state index contributed by atoms with van der Waals surface area (Å²) in [4.78, 5) is 14.9. The third-order valence-corrected chi connectivity index (χ3v) is 7.37. The normalized spacial score (nSPS) is 20.7. The highest BCUT2D eigenvalue weighted by Gasteiger charge is 2.34. The Morgan fingerprint density at radius 2 is 2.17 bits per heavy atom. The maximum absolute atomic E-state index is 12.5. The predicted octanol–water partition coefficient (Wildman–Crippen LogP) is 4.69. The SMILES string of the molecule is CCCS/C(=C1/C=NN(C)C1=O)c1ccc2c(c1C)C(C)(C)CS2. The fraction of sp³-hybridized carbons (Fsp3) is 0.474. The minimum atomic E-state index is -0.0119. The second-order valence-corrected chi connectivity index (χ2v) is 9.07. The second-order valence-electron chi connectivity index (χ2n) is 6.95. The van der Waals surface area contributed by atoms with Crippen molar-refractivity contribution in [1.82, 2.24) is 5.01 Å². The van der Waals surface area contributed by atoms with Gasteiger partial charge in [-0.25, -0.2) is 5.01 Å². The summed E-state index contributed by atoms with van der Waals surface area (Å²) in [5.41, 5.74) is 4.84. The Morgan fingerprint density at radius 3 is 2.79 bits per heavy atom. The first kappa shape index (κ1) is 17.6. The molecule has 2 aliphatic rings. The molecule has 2 aliphatic heterocycles. The van der Waals surface area contributed by atoms with E-state index in [0.717, 1.165) is 28.4 Å². The first-order valence-corrected chi connectivity index (χ1v) is 10.3. The topological polar surface area (TPSA) is 32.7 Å². The summed E-state index contributed by atoms with van der Waals surface area (Å²) in [5, 5.41) is 5.59. The van der Waals surface area contributed by atoms with Crippen LogP contribution in [0.15, 0.2) is 27.7 Å². The number of amides is 1. The van der Waals surface area contributed by atoms with Gasteiger partial charge < -0.3 is 0 Å². The number of carbonyl (C=O) groups is 1. The summed E-state index contributed by atoms with van der Waals surface area (Å²) in [7, 11) is 1.71. The van der Waals surface area contributed by atoms with E-state index < -0.39 is 0 Å². The van der Waals surface area contributed by atoms with Crippen molar-refractivity contribution in [2.45, 2.75) is 44.4 Å². The van der Waals surface area contributed by atoms with Crippen LogP contribution in [0.5, 0.6) is 0 Å². The summed E-state index contributed by atoms with van der Waals surface area (Å²) in [5.74, 6) is 2.10. The van der Waals surface area contributed by atoms with E-state index in [1.807, 2.05) is 11.8 Å². The molecular formula is C19H24N2OS2. The van der Waals surface area contributed by atoms with E-state index in [1.165, 1.54) is 26.6 Å². The second kappa shape index (κ2) is 6.60. The van der Waals surface area contributed by atoms with Crippen LogP contribution in [0.1, 0.15) is 43.9 Å². The number of nitrogens with zero attached hydrogens (tertiary/aromatic N) is 2. The van der Waals surface area contributed by atoms with E-state index in [0.29, 0.717) is 0 Å². The molecule has 0 fully saturated rings. The van der Waals surface area contributed by atoms with Crippen LogP contribution in [0, 0.1) is 6.92 Å². The Bertz CT molecular complexity index is 750. The molecule has 0 N–H and O–H groups in total. The number of thioether (sulfide) groups is 2. The van der Waals surface area contributed by atoms with Crippen molar-refractivity contribution in [3.63, 3.8) is 0 Å². The van der Waals surface area contributed by atoms with Gasteiger partial charge >= 0.3 is 0 Å². The number of benzene rings is 1. The van der Waals surface area contributed by atoms with Gasteiger partial charge in [-0.15, -0.1) is 23.5 Å². The summed E-state index contributed by atoms with van der Waals surface area (Å²) in [6, 6.07) is 4.41. The molecule has 0 aromatic heterocycles. The minimum absolute atomic E-state index is 0.0119. The zero-order valence-electron chi connectivity index (χ0n) is 15.0. The molecule has 0 atom stereocenters. The highest BCUT2D eigenvalue weighted by Crippen LogP contribution is 2.48. The molecule has 0 radical (unpaired) electrons. The fourth-order valence-electron chi connectivity index (χ4n) is 3.31. The molecule has 0 saturated heterocycles. The van der Waals surface area contributed by atoms with Crippen LogP contribution in [0.2, 0.25) is 0 Å². The number of hydrogen-bond donors (Lipinski definition) is 0. The van der Waals surface area contributed by atoms with E-state index in [2.05, 4.69) is 44.9 Å². The van der Waals surface area contributed by atoms with Gasteiger partial charge in [0.25, 0.3) is 5.91 Å². The molecule has 0 aliphatic carbocycles. The molecule has 128 valence electrons. The summed E-state index contributed by atoms with van der Waals surface area (Å²) < 4.78 is 0. The highest BCUT2D eigenvalue weighted by atomic mass is 32.2. The monoisotopic (exact) mass is 360 g/mol. The Labute approximate surface area is 153 Å². The lowest BCUT2D eigenvalue weighted by Crippen LogP contribution is -2.19. The number of hydrazone groups is 1. The molecule has 1 amide bonds. The molecule has 1 aromatic rings. The van der Waals surface area contributed by atoms with E-state index in [4.69, 9.17) is 0 Å². The van der Waals surface area contributed by atoms with Crippen LogP contribution in [0.4, 0.5) is 0 Å². The lowest BCUT2D eigenvalue weighted by molar-refractivity contribution is -0.124. The molecule has 0 spiro atoms. The Balaban J connectivity index is 2.16.